The van der Waals surface area contributed by atoms with Crippen molar-refractivity contribution in [3.63, 3.8) is 0 Å². The van der Waals surface area contributed by atoms with Crippen LogP contribution in [0.5, 0.6) is 0 Å². The van der Waals surface area contributed by atoms with Gasteiger partial charge in [-0.3, -0.25) is 4.79 Å². The normalized spacial score (nSPS) is 15.6. The van der Waals surface area contributed by atoms with E-state index in [1.165, 1.54) is 19.3 Å². The molecule has 1 aliphatic rings. The summed E-state index contributed by atoms with van der Waals surface area (Å²) in [7, 11) is 0. The first-order valence-electron chi connectivity index (χ1n) is 5.81. The van der Waals surface area contributed by atoms with Crippen LogP contribution in [0.4, 0.5) is 11.4 Å². The first-order chi connectivity index (χ1) is 7.65. The molecule has 16 heavy (non-hydrogen) atoms. The number of carbonyl (C=O) groups is 1. The molecule has 1 amide bonds. The number of carbonyl (C=O) groups excluding carboxylic acids is 1. The third-order valence-corrected chi connectivity index (χ3v) is 3.18. The number of nitrogens with two attached hydrogens (primary N) is 1. The average Bonchev–Trinajstić information content (AvgIpc) is 2.18. The van der Waals surface area contributed by atoms with Crippen LogP contribution in [-0.4, -0.2) is 5.91 Å². The van der Waals surface area contributed by atoms with Crippen molar-refractivity contribution in [3.05, 3.63) is 23.8 Å². The fourth-order valence-corrected chi connectivity index (χ4v) is 1.94. The molecule has 2 rings (SSSR count). The lowest BCUT2D eigenvalue weighted by atomic mass is 9.83. The standard InChI is InChI=1S/C13H18N2O/c1-9-5-6-11(14)12(7-9)15-13(16)8-10-3-2-4-10/h5-7,10H,2-4,8,14H2,1H3,(H,15,16). The molecular weight excluding hydrogens is 200 g/mol. The van der Waals surface area contributed by atoms with Crippen LogP contribution in [0.25, 0.3) is 0 Å². The van der Waals surface area contributed by atoms with Gasteiger partial charge >= 0.3 is 0 Å². The predicted molar refractivity (Wildman–Crippen MR) is 66.2 cm³/mol. The molecule has 0 aliphatic heterocycles. The van der Waals surface area contributed by atoms with Crippen molar-refractivity contribution >= 4 is 17.3 Å². The van der Waals surface area contributed by atoms with Crippen molar-refractivity contribution in [2.24, 2.45) is 5.92 Å². The number of aryl methyl sites for hydroxylation is 1. The number of hydrogen-bond acceptors (Lipinski definition) is 2. The van der Waals surface area contributed by atoms with Gasteiger partial charge < -0.3 is 11.1 Å². The molecule has 0 spiro atoms. The van der Waals surface area contributed by atoms with E-state index < -0.39 is 0 Å². The van der Waals surface area contributed by atoms with Gasteiger partial charge in [0.05, 0.1) is 11.4 Å². The zero-order chi connectivity index (χ0) is 11.5. The Labute approximate surface area is 96.0 Å². The first kappa shape index (κ1) is 11.0. The molecule has 1 aromatic carbocycles. The number of amides is 1. The predicted octanol–water partition coefficient (Wildman–Crippen LogP) is 2.71. The Morgan fingerprint density at radius 3 is 2.88 bits per heavy atom. The number of anilines is 2. The lowest BCUT2D eigenvalue weighted by Crippen LogP contribution is -2.21. The quantitative estimate of drug-likeness (QED) is 0.766. The Morgan fingerprint density at radius 1 is 1.50 bits per heavy atom. The molecule has 0 aromatic heterocycles. The van der Waals surface area contributed by atoms with Gasteiger partial charge in [0.2, 0.25) is 5.91 Å². The van der Waals surface area contributed by atoms with E-state index in [1.54, 1.807) is 0 Å². The maximum atomic E-state index is 11.7. The molecule has 1 saturated carbocycles. The lowest BCUT2D eigenvalue weighted by Gasteiger charge is -2.24. The number of nitrogens with one attached hydrogen (secondary N) is 1. The fourth-order valence-electron chi connectivity index (χ4n) is 1.94. The van der Waals surface area contributed by atoms with Gasteiger partial charge in [-0.2, -0.15) is 0 Å². The number of benzene rings is 1. The number of rotatable bonds is 3. The topological polar surface area (TPSA) is 55.1 Å². The van der Waals surface area contributed by atoms with E-state index in [4.69, 9.17) is 5.73 Å². The third-order valence-electron chi connectivity index (χ3n) is 3.18. The largest absolute Gasteiger partial charge is 0.397 e. The summed E-state index contributed by atoms with van der Waals surface area (Å²) in [6.07, 6.45) is 4.28. The van der Waals surface area contributed by atoms with E-state index >= 15 is 0 Å². The minimum absolute atomic E-state index is 0.0852. The van der Waals surface area contributed by atoms with Gasteiger partial charge in [-0.15, -0.1) is 0 Å². The third kappa shape index (κ3) is 2.54. The number of nitrogen functional groups attached to an aromatic ring is 1. The molecule has 0 radical (unpaired) electrons. The van der Waals surface area contributed by atoms with E-state index in [9.17, 15) is 4.79 Å². The van der Waals surface area contributed by atoms with E-state index in [1.807, 2.05) is 25.1 Å². The van der Waals surface area contributed by atoms with Gasteiger partial charge in [-0.05, 0) is 43.4 Å². The molecule has 0 bridgehead atoms. The Balaban J connectivity index is 1.96. The summed E-state index contributed by atoms with van der Waals surface area (Å²) in [5, 5.41) is 2.89. The molecule has 1 fully saturated rings. The fraction of sp³-hybridized carbons (Fsp3) is 0.462. The van der Waals surface area contributed by atoms with Crippen LogP contribution < -0.4 is 11.1 Å². The summed E-state index contributed by atoms with van der Waals surface area (Å²) in [6, 6.07) is 5.68. The second kappa shape index (κ2) is 4.56. The minimum Gasteiger partial charge on any atom is -0.397 e. The zero-order valence-corrected chi connectivity index (χ0v) is 9.62. The van der Waals surface area contributed by atoms with E-state index in [2.05, 4.69) is 5.32 Å². The average molecular weight is 218 g/mol. The second-order valence-electron chi connectivity index (χ2n) is 4.64. The molecule has 3 N–H and O–H groups in total. The lowest BCUT2D eigenvalue weighted by molar-refractivity contribution is -0.117. The van der Waals surface area contributed by atoms with Crippen LogP contribution in [-0.2, 0) is 4.79 Å². The van der Waals surface area contributed by atoms with Crippen molar-refractivity contribution in [3.8, 4) is 0 Å². The highest BCUT2D eigenvalue weighted by molar-refractivity contribution is 5.94. The van der Waals surface area contributed by atoms with Crippen molar-refractivity contribution in [1.82, 2.24) is 0 Å². The van der Waals surface area contributed by atoms with Crippen LogP contribution in [0.2, 0.25) is 0 Å². The highest BCUT2D eigenvalue weighted by Gasteiger charge is 2.20. The van der Waals surface area contributed by atoms with Gasteiger partial charge in [0.1, 0.15) is 0 Å². The Hall–Kier alpha value is -1.51. The van der Waals surface area contributed by atoms with E-state index in [0.29, 0.717) is 18.0 Å². The van der Waals surface area contributed by atoms with Gasteiger partial charge in [0.15, 0.2) is 0 Å². The molecule has 86 valence electrons. The van der Waals surface area contributed by atoms with E-state index in [-0.39, 0.29) is 5.91 Å². The van der Waals surface area contributed by atoms with E-state index in [0.717, 1.165) is 11.3 Å². The maximum absolute atomic E-state index is 11.7. The summed E-state index contributed by atoms with van der Waals surface area (Å²) in [5.74, 6) is 0.674. The number of hydrogen-bond donors (Lipinski definition) is 2. The monoisotopic (exact) mass is 218 g/mol. The molecule has 0 unspecified atom stereocenters. The van der Waals surface area contributed by atoms with Crippen molar-refractivity contribution in [2.45, 2.75) is 32.6 Å². The van der Waals surface area contributed by atoms with Gasteiger partial charge in [0.25, 0.3) is 0 Å². The zero-order valence-electron chi connectivity index (χ0n) is 9.62. The molecule has 1 aliphatic carbocycles. The summed E-state index contributed by atoms with van der Waals surface area (Å²) >= 11 is 0. The van der Waals surface area contributed by atoms with Crippen LogP contribution in [0, 0.1) is 12.8 Å². The SMILES string of the molecule is Cc1ccc(N)c(NC(=O)CC2CCC2)c1. The molecule has 0 heterocycles. The highest BCUT2D eigenvalue weighted by atomic mass is 16.1. The Morgan fingerprint density at radius 2 is 2.25 bits per heavy atom. The summed E-state index contributed by atoms with van der Waals surface area (Å²) < 4.78 is 0. The van der Waals surface area contributed by atoms with Crippen molar-refractivity contribution in [2.75, 3.05) is 11.1 Å². The molecule has 0 saturated heterocycles. The maximum Gasteiger partial charge on any atom is 0.224 e. The van der Waals surface area contributed by atoms with Crippen LogP contribution in [0.3, 0.4) is 0 Å². The minimum atomic E-state index is 0.0852. The second-order valence-corrected chi connectivity index (χ2v) is 4.64. The van der Waals surface area contributed by atoms with Crippen LogP contribution in [0.15, 0.2) is 18.2 Å². The Bertz CT molecular complexity index is 397. The smallest absolute Gasteiger partial charge is 0.224 e. The van der Waals surface area contributed by atoms with Gasteiger partial charge in [-0.1, -0.05) is 12.5 Å². The van der Waals surface area contributed by atoms with Crippen molar-refractivity contribution < 1.29 is 4.79 Å². The summed E-state index contributed by atoms with van der Waals surface area (Å²) in [5.41, 5.74) is 8.28. The molecular formula is C13H18N2O. The van der Waals surface area contributed by atoms with Crippen molar-refractivity contribution in [1.29, 1.82) is 0 Å². The first-order valence-corrected chi connectivity index (χ1v) is 5.81. The molecule has 0 atom stereocenters. The summed E-state index contributed by atoms with van der Waals surface area (Å²) in [4.78, 5) is 11.7. The molecule has 3 nitrogen and oxygen atoms in total. The highest BCUT2D eigenvalue weighted by Crippen LogP contribution is 2.30. The molecule has 3 heteroatoms. The van der Waals surface area contributed by atoms with Crippen LogP contribution in [0.1, 0.15) is 31.2 Å². The Kier molecular flexibility index (Phi) is 3.13. The van der Waals surface area contributed by atoms with Gasteiger partial charge in [0, 0.05) is 6.42 Å². The van der Waals surface area contributed by atoms with Crippen LogP contribution >= 0.6 is 0 Å². The molecule has 1 aromatic rings. The van der Waals surface area contributed by atoms with Gasteiger partial charge in [-0.25, -0.2) is 0 Å². The summed E-state index contributed by atoms with van der Waals surface area (Å²) in [6.45, 7) is 1.99.